The largest absolute Gasteiger partial charge is 0.287 e. The molecule has 1 aromatic heterocycles. The lowest BCUT2D eigenvalue weighted by Gasteiger charge is -2.04. The molecule has 0 amide bonds. The van der Waals surface area contributed by atoms with E-state index >= 15 is 0 Å². The molecule has 0 aliphatic carbocycles. The highest BCUT2D eigenvalue weighted by Gasteiger charge is 2.12. The van der Waals surface area contributed by atoms with Crippen molar-refractivity contribution < 1.29 is 9.36 Å². The van der Waals surface area contributed by atoms with E-state index in [9.17, 15) is 4.79 Å². The van der Waals surface area contributed by atoms with Crippen molar-refractivity contribution >= 4 is 5.78 Å². The van der Waals surface area contributed by atoms with Crippen molar-refractivity contribution in [2.45, 2.75) is 58.4 Å². The molecule has 0 spiro atoms. The first-order valence-electron chi connectivity index (χ1n) is 10.9. The van der Waals surface area contributed by atoms with Crippen molar-refractivity contribution in [2.24, 2.45) is 0 Å². The summed E-state index contributed by atoms with van der Waals surface area (Å²) in [5.74, 6) is 0.137. The molecule has 150 valence electrons. The third-order valence-corrected chi connectivity index (χ3v) is 5.42. The second-order valence-electron chi connectivity index (χ2n) is 7.76. The van der Waals surface area contributed by atoms with E-state index in [0.29, 0.717) is 6.54 Å². The van der Waals surface area contributed by atoms with Gasteiger partial charge in [0.05, 0.1) is 0 Å². The Morgan fingerprint density at radius 3 is 2.03 bits per heavy atom. The number of Topliss-reactive ketones (excluding diaryl/α,β-unsaturated/α-hetero) is 1. The van der Waals surface area contributed by atoms with Crippen molar-refractivity contribution in [1.29, 1.82) is 0 Å². The molecule has 0 aliphatic heterocycles. The number of benzene rings is 2. The van der Waals surface area contributed by atoms with E-state index in [2.05, 4.69) is 31.2 Å². The van der Waals surface area contributed by atoms with E-state index in [1.54, 1.807) is 0 Å². The Morgan fingerprint density at radius 1 is 0.724 bits per heavy atom. The van der Waals surface area contributed by atoms with Gasteiger partial charge in [-0.3, -0.25) is 4.79 Å². The predicted molar refractivity (Wildman–Crippen MR) is 120 cm³/mol. The number of ketones is 1. The molecule has 0 saturated heterocycles. The lowest BCUT2D eigenvalue weighted by molar-refractivity contribution is -0.683. The Bertz CT molecular complexity index is 867. The van der Waals surface area contributed by atoms with Gasteiger partial charge in [-0.2, -0.15) is 4.57 Å². The molecule has 3 rings (SSSR count). The van der Waals surface area contributed by atoms with E-state index in [1.807, 2.05) is 59.4 Å². The Kier molecular flexibility index (Phi) is 8.18. The lowest BCUT2D eigenvalue weighted by Crippen LogP contribution is -2.37. The third-order valence-electron chi connectivity index (χ3n) is 5.42. The first-order valence-corrected chi connectivity index (χ1v) is 10.9. The quantitative estimate of drug-likeness (QED) is 0.211. The van der Waals surface area contributed by atoms with Crippen LogP contribution in [-0.4, -0.2) is 5.78 Å². The molecule has 0 unspecified atom stereocenters. The van der Waals surface area contributed by atoms with E-state index in [4.69, 9.17) is 0 Å². The highest BCUT2D eigenvalue weighted by molar-refractivity contribution is 5.95. The standard InChI is InChI=1S/C27H32NO/c1-2-3-4-5-6-8-11-23-18-20-28(21-19-23)22-27(29)26-16-14-25(15-17-26)24-12-9-7-10-13-24/h7,9-10,12-21H,2-6,8,11,22H2,1H3/q+1. The van der Waals surface area contributed by atoms with E-state index in [0.717, 1.165) is 17.5 Å². The molecule has 0 saturated carbocycles. The highest BCUT2D eigenvalue weighted by atomic mass is 16.1. The molecule has 2 aromatic carbocycles. The van der Waals surface area contributed by atoms with Crippen LogP contribution in [-0.2, 0) is 13.0 Å². The number of carbonyl (C=O) groups is 1. The minimum absolute atomic E-state index is 0.137. The number of aromatic nitrogens is 1. The predicted octanol–water partition coefficient (Wildman–Crippen LogP) is 6.43. The molecule has 1 heterocycles. The first-order chi connectivity index (χ1) is 14.3. The van der Waals surface area contributed by atoms with Crippen LogP contribution >= 0.6 is 0 Å². The molecule has 0 radical (unpaired) electrons. The molecule has 0 atom stereocenters. The second kappa shape index (κ2) is 11.3. The fraction of sp³-hybridized carbons (Fsp3) is 0.333. The van der Waals surface area contributed by atoms with Crippen molar-refractivity contribution in [3.63, 3.8) is 0 Å². The number of hydrogen-bond donors (Lipinski definition) is 0. The third kappa shape index (κ3) is 6.67. The fourth-order valence-electron chi connectivity index (χ4n) is 3.61. The van der Waals surface area contributed by atoms with Crippen LogP contribution < -0.4 is 4.57 Å². The summed E-state index contributed by atoms with van der Waals surface area (Å²) in [5, 5.41) is 0. The van der Waals surface area contributed by atoms with Crippen LogP contribution in [0, 0.1) is 0 Å². The molecule has 2 nitrogen and oxygen atoms in total. The van der Waals surface area contributed by atoms with Crippen molar-refractivity contribution in [1.82, 2.24) is 0 Å². The molecule has 0 bridgehead atoms. The van der Waals surface area contributed by atoms with Crippen LogP contribution in [0.1, 0.15) is 61.4 Å². The highest BCUT2D eigenvalue weighted by Crippen LogP contribution is 2.19. The fourth-order valence-corrected chi connectivity index (χ4v) is 3.61. The van der Waals surface area contributed by atoms with Gasteiger partial charge >= 0.3 is 0 Å². The first kappa shape index (κ1) is 21.0. The van der Waals surface area contributed by atoms with Crippen LogP contribution in [0.2, 0.25) is 0 Å². The maximum absolute atomic E-state index is 12.6. The molecule has 2 heteroatoms. The molecule has 0 aliphatic rings. The molecular formula is C27H32NO+. The number of nitrogens with zero attached hydrogens (tertiary/aromatic N) is 1. The van der Waals surface area contributed by atoms with E-state index < -0.39 is 0 Å². The molecule has 0 fully saturated rings. The number of pyridine rings is 1. The van der Waals surface area contributed by atoms with Crippen LogP contribution in [0.15, 0.2) is 79.1 Å². The summed E-state index contributed by atoms with van der Waals surface area (Å²) in [6.07, 6.45) is 13.1. The van der Waals surface area contributed by atoms with Gasteiger partial charge in [-0.15, -0.1) is 0 Å². The van der Waals surface area contributed by atoms with E-state index in [-0.39, 0.29) is 5.78 Å². The monoisotopic (exact) mass is 386 g/mol. The van der Waals surface area contributed by atoms with Crippen molar-refractivity contribution in [2.75, 3.05) is 0 Å². The minimum atomic E-state index is 0.137. The van der Waals surface area contributed by atoms with Gasteiger partial charge in [0, 0.05) is 17.7 Å². The Balaban J connectivity index is 1.49. The normalized spacial score (nSPS) is 10.8. The van der Waals surface area contributed by atoms with Gasteiger partial charge in [0.2, 0.25) is 12.3 Å². The Labute approximate surface area is 175 Å². The number of hydrogen-bond acceptors (Lipinski definition) is 1. The van der Waals surface area contributed by atoms with Crippen LogP contribution in [0.4, 0.5) is 0 Å². The number of carbonyl (C=O) groups excluding carboxylic acids is 1. The average Bonchev–Trinajstić information content (AvgIpc) is 2.78. The average molecular weight is 387 g/mol. The zero-order valence-electron chi connectivity index (χ0n) is 17.5. The minimum Gasteiger partial charge on any atom is -0.287 e. The summed E-state index contributed by atoms with van der Waals surface area (Å²) in [6, 6.07) is 22.4. The molecule has 0 N–H and O–H groups in total. The van der Waals surface area contributed by atoms with Gasteiger partial charge in [-0.05, 0) is 29.5 Å². The topological polar surface area (TPSA) is 20.9 Å². The van der Waals surface area contributed by atoms with Gasteiger partial charge < -0.3 is 0 Å². The number of aryl methyl sites for hydroxylation is 1. The van der Waals surface area contributed by atoms with Crippen molar-refractivity contribution in [3.8, 4) is 11.1 Å². The maximum Gasteiger partial charge on any atom is 0.227 e. The van der Waals surface area contributed by atoms with Gasteiger partial charge in [-0.25, -0.2) is 0 Å². The lowest BCUT2D eigenvalue weighted by atomic mass is 10.0. The summed E-state index contributed by atoms with van der Waals surface area (Å²) in [5.41, 5.74) is 4.42. The maximum atomic E-state index is 12.6. The summed E-state index contributed by atoms with van der Waals surface area (Å²) in [7, 11) is 0. The van der Waals surface area contributed by atoms with Gasteiger partial charge in [0.15, 0.2) is 12.4 Å². The van der Waals surface area contributed by atoms with Crippen molar-refractivity contribution in [3.05, 3.63) is 90.3 Å². The molecule has 3 aromatic rings. The number of rotatable bonds is 11. The summed E-state index contributed by atoms with van der Waals surface area (Å²) < 4.78 is 1.97. The summed E-state index contributed by atoms with van der Waals surface area (Å²) >= 11 is 0. The Morgan fingerprint density at radius 2 is 1.34 bits per heavy atom. The smallest absolute Gasteiger partial charge is 0.227 e. The zero-order valence-corrected chi connectivity index (χ0v) is 17.5. The zero-order chi connectivity index (χ0) is 20.3. The second-order valence-corrected chi connectivity index (χ2v) is 7.76. The molecular weight excluding hydrogens is 354 g/mol. The Hall–Kier alpha value is -2.74. The summed E-state index contributed by atoms with van der Waals surface area (Å²) in [4.78, 5) is 12.6. The van der Waals surface area contributed by atoms with Crippen LogP contribution in [0.25, 0.3) is 11.1 Å². The van der Waals surface area contributed by atoms with Gasteiger partial charge in [0.1, 0.15) is 0 Å². The van der Waals surface area contributed by atoms with E-state index in [1.165, 1.54) is 49.7 Å². The SMILES string of the molecule is CCCCCCCCc1cc[n+](CC(=O)c2ccc(-c3ccccc3)cc2)cc1. The van der Waals surface area contributed by atoms with Crippen LogP contribution in [0.5, 0.6) is 0 Å². The van der Waals surface area contributed by atoms with Crippen LogP contribution in [0.3, 0.4) is 0 Å². The summed E-state index contributed by atoms with van der Waals surface area (Å²) in [6.45, 7) is 2.63. The number of unbranched alkanes of at least 4 members (excludes halogenated alkanes) is 5. The van der Waals surface area contributed by atoms with Gasteiger partial charge in [-0.1, -0.05) is 93.6 Å². The van der Waals surface area contributed by atoms with Gasteiger partial charge in [0.25, 0.3) is 0 Å². The molecule has 29 heavy (non-hydrogen) atoms.